The number of carboxylic acids is 1. The third kappa shape index (κ3) is 5.36. The van der Waals surface area contributed by atoms with Crippen molar-refractivity contribution in [2.45, 2.75) is 51.7 Å². The van der Waals surface area contributed by atoms with Crippen molar-refractivity contribution in [1.82, 2.24) is 4.90 Å². The Bertz CT molecular complexity index is 344. The molecule has 0 aromatic carbocycles. The molecule has 0 spiro atoms. The Kier molecular flexibility index (Phi) is 5.80. The first-order valence-corrected chi connectivity index (χ1v) is 6.97. The summed E-state index contributed by atoms with van der Waals surface area (Å²) in [6.45, 7) is 6.55. The smallest absolute Gasteiger partial charge is 0.410 e. The molecule has 0 bridgehead atoms. The molecule has 1 amide bonds. The number of hydrogen-bond donors (Lipinski definition) is 1. The Morgan fingerprint density at radius 3 is 2.55 bits per heavy atom. The van der Waals surface area contributed by atoms with E-state index in [0.29, 0.717) is 13.0 Å². The predicted octanol–water partition coefficient (Wildman–Crippen LogP) is 2.12. The first-order valence-electron chi connectivity index (χ1n) is 6.97. The number of nitrogens with zero attached hydrogens (tertiary/aromatic N) is 1. The molecule has 1 aliphatic rings. The average molecular weight is 287 g/mol. The van der Waals surface area contributed by atoms with Gasteiger partial charge in [-0.1, -0.05) is 0 Å². The van der Waals surface area contributed by atoms with E-state index in [9.17, 15) is 14.7 Å². The molecule has 1 N–H and O–H groups in total. The highest BCUT2D eigenvalue weighted by Gasteiger charge is 2.32. The second kappa shape index (κ2) is 6.92. The van der Waals surface area contributed by atoms with Crippen LogP contribution in [0, 0.1) is 5.92 Å². The Morgan fingerprint density at radius 2 is 2.10 bits per heavy atom. The molecular formula is C14H25NO5. The topological polar surface area (TPSA) is 76.1 Å². The minimum absolute atomic E-state index is 0.176. The fourth-order valence-electron chi connectivity index (χ4n) is 2.19. The molecule has 2 atom stereocenters. The molecule has 0 aromatic heterocycles. The number of carbonyl (C=O) groups is 2. The third-order valence-electron chi connectivity index (χ3n) is 3.25. The second-order valence-electron chi connectivity index (χ2n) is 6.26. The van der Waals surface area contributed by atoms with Gasteiger partial charge in [-0.25, -0.2) is 9.59 Å². The van der Waals surface area contributed by atoms with Crippen molar-refractivity contribution in [3.05, 3.63) is 0 Å². The average Bonchev–Trinajstić information content (AvgIpc) is 2.34. The van der Waals surface area contributed by atoms with Crippen LogP contribution < -0.4 is 0 Å². The van der Waals surface area contributed by atoms with Crippen molar-refractivity contribution >= 4 is 12.1 Å². The van der Waals surface area contributed by atoms with Crippen LogP contribution in [0.5, 0.6) is 0 Å². The summed E-state index contributed by atoms with van der Waals surface area (Å²) in [4.78, 5) is 24.5. The maximum absolute atomic E-state index is 12.0. The maximum Gasteiger partial charge on any atom is 0.410 e. The summed E-state index contributed by atoms with van der Waals surface area (Å²) in [6.07, 6.45) is 1.66. The molecule has 0 aliphatic carbocycles. The Morgan fingerprint density at radius 1 is 1.45 bits per heavy atom. The Labute approximate surface area is 120 Å². The molecule has 1 heterocycles. The summed E-state index contributed by atoms with van der Waals surface area (Å²) in [5.74, 6) is -0.835. The first kappa shape index (κ1) is 16.8. The van der Waals surface area contributed by atoms with Crippen LogP contribution in [0.1, 0.15) is 40.0 Å². The lowest BCUT2D eigenvalue weighted by molar-refractivity contribution is -0.143. The molecule has 1 rings (SSSR count). The van der Waals surface area contributed by atoms with Crippen LogP contribution >= 0.6 is 0 Å². The van der Waals surface area contributed by atoms with Crippen molar-refractivity contribution in [2.75, 3.05) is 20.3 Å². The molecule has 6 nitrogen and oxygen atoms in total. The van der Waals surface area contributed by atoms with Gasteiger partial charge in [-0.2, -0.15) is 0 Å². The number of hydrogen-bond acceptors (Lipinski definition) is 4. The number of carboxylic acid groups (broad SMARTS) is 1. The van der Waals surface area contributed by atoms with Crippen LogP contribution in [0.25, 0.3) is 0 Å². The molecule has 1 fully saturated rings. The highest BCUT2D eigenvalue weighted by atomic mass is 16.6. The first-order chi connectivity index (χ1) is 9.20. The molecule has 6 heteroatoms. The van der Waals surface area contributed by atoms with Gasteiger partial charge in [0, 0.05) is 20.3 Å². The lowest BCUT2D eigenvalue weighted by atomic mass is 9.94. The van der Waals surface area contributed by atoms with E-state index < -0.39 is 23.7 Å². The fraction of sp³-hybridized carbons (Fsp3) is 0.857. The van der Waals surface area contributed by atoms with Gasteiger partial charge in [0.05, 0.1) is 0 Å². The van der Waals surface area contributed by atoms with Crippen molar-refractivity contribution in [3.63, 3.8) is 0 Å². The van der Waals surface area contributed by atoms with Crippen LogP contribution in [-0.4, -0.2) is 54.0 Å². The molecule has 1 saturated heterocycles. The van der Waals surface area contributed by atoms with Crippen molar-refractivity contribution < 1.29 is 24.2 Å². The quantitative estimate of drug-likeness (QED) is 0.857. The highest BCUT2D eigenvalue weighted by Crippen LogP contribution is 2.22. The van der Waals surface area contributed by atoms with Gasteiger partial charge >= 0.3 is 12.1 Å². The zero-order valence-corrected chi connectivity index (χ0v) is 12.7. The number of amides is 1. The minimum Gasteiger partial charge on any atom is -0.480 e. The van der Waals surface area contributed by atoms with Gasteiger partial charge < -0.3 is 14.6 Å². The molecule has 0 aromatic rings. The second-order valence-corrected chi connectivity index (χ2v) is 6.26. The monoisotopic (exact) mass is 287 g/mol. The van der Waals surface area contributed by atoms with Crippen LogP contribution in [0.3, 0.4) is 0 Å². The number of ether oxygens (including phenoxy) is 2. The van der Waals surface area contributed by atoms with E-state index in [1.165, 1.54) is 11.9 Å². The fourth-order valence-corrected chi connectivity index (χ4v) is 2.19. The standard InChI is InChI=1S/C14H25NO5/c1-14(2,3)20-13(18)15(4)11(12(16)17)8-10-6-5-7-19-9-10/h10-11H,5-9H2,1-4H3,(H,16,17)/t10?,11-/m0/s1. The van der Waals surface area contributed by atoms with E-state index >= 15 is 0 Å². The van der Waals surface area contributed by atoms with Crippen molar-refractivity contribution in [1.29, 1.82) is 0 Å². The predicted molar refractivity (Wildman–Crippen MR) is 73.6 cm³/mol. The number of aliphatic carboxylic acids is 1. The summed E-state index contributed by atoms with van der Waals surface area (Å²) in [6, 6.07) is -0.878. The van der Waals surface area contributed by atoms with Gasteiger partial charge in [0.2, 0.25) is 0 Å². The zero-order chi connectivity index (χ0) is 15.3. The highest BCUT2D eigenvalue weighted by molar-refractivity contribution is 5.80. The summed E-state index contributed by atoms with van der Waals surface area (Å²) in [7, 11) is 1.47. The Balaban J connectivity index is 2.64. The molecule has 0 radical (unpaired) electrons. The lowest BCUT2D eigenvalue weighted by Gasteiger charge is -2.31. The molecular weight excluding hydrogens is 262 g/mol. The van der Waals surface area contributed by atoms with Gasteiger partial charge in [-0.15, -0.1) is 0 Å². The number of rotatable bonds is 4. The van der Waals surface area contributed by atoms with E-state index in [2.05, 4.69) is 0 Å². The summed E-state index contributed by atoms with van der Waals surface area (Å²) in [5, 5.41) is 9.33. The van der Waals surface area contributed by atoms with Crippen molar-refractivity contribution in [2.24, 2.45) is 5.92 Å². The molecule has 1 aliphatic heterocycles. The van der Waals surface area contributed by atoms with Gasteiger partial charge in [0.25, 0.3) is 0 Å². The number of likely N-dealkylation sites (N-methyl/N-ethyl adjacent to an activating group) is 1. The van der Waals surface area contributed by atoms with E-state index in [1.54, 1.807) is 20.8 Å². The molecule has 116 valence electrons. The van der Waals surface area contributed by atoms with Gasteiger partial charge in [-0.3, -0.25) is 4.90 Å². The van der Waals surface area contributed by atoms with Crippen LogP contribution in [-0.2, 0) is 14.3 Å². The van der Waals surface area contributed by atoms with Crippen LogP contribution in [0.4, 0.5) is 4.79 Å². The Hall–Kier alpha value is -1.30. The largest absolute Gasteiger partial charge is 0.480 e. The zero-order valence-electron chi connectivity index (χ0n) is 12.7. The normalized spacial score (nSPS) is 21.1. The van der Waals surface area contributed by atoms with Crippen LogP contribution in [0.15, 0.2) is 0 Å². The van der Waals surface area contributed by atoms with Gasteiger partial charge in [0.1, 0.15) is 11.6 Å². The van der Waals surface area contributed by atoms with Gasteiger partial charge in [-0.05, 0) is 46.0 Å². The van der Waals surface area contributed by atoms with E-state index in [1.807, 2.05) is 0 Å². The summed E-state index contributed by atoms with van der Waals surface area (Å²) >= 11 is 0. The van der Waals surface area contributed by atoms with Gasteiger partial charge in [0.15, 0.2) is 0 Å². The summed E-state index contributed by atoms with van der Waals surface area (Å²) in [5.41, 5.74) is -0.637. The molecule has 20 heavy (non-hydrogen) atoms. The lowest BCUT2D eigenvalue weighted by Crippen LogP contribution is -2.46. The van der Waals surface area contributed by atoms with Crippen molar-refractivity contribution in [3.8, 4) is 0 Å². The SMILES string of the molecule is CN(C(=O)OC(C)(C)C)[C@@H](CC1CCCOC1)C(=O)O. The van der Waals surface area contributed by atoms with E-state index in [4.69, 9.17) is 9.47 Å². The number of carbonyl (C=O) groups excluding carboxylic acids is 1. The van der Waals surface area contributed by atoms with E-state index in [-0.39, 0.29) is 5.92 Å². The van der Waals surface area contributed by atoms with Crippen LogP contribution in [0.2, 0.25) is 0 Å². The third-order valence-corrected chi connectivity index (χ3v) is 3.25. The summed E-state index contributed by atoms with van der Waals surface area (Å²) < 4.78 is 10.6. The minimum atomic E-state index is -1.01. The van der Waals surface area contributed by atoms with E-state index in [0.717, 1.165) is 19.4 Å². The maximum atomic E-state index is 12.0. The molecule has 0 saturated carbocycles. The molecule has 1 unspecified atom stereocenters.